The van der Waals surface area contributed by atoms with Gasteiger partial charge in [0.1, 0.15) is 0 Å². The number of nitrogens with one attached hydrogen (secondary N) is 1. The summed E-state index contributed by atoms with van der Waals surface area (Å²) in [5.41, 5.74) is 0.0485. The molecule has 2 aliphatic heterocycles. The van der Waals surface area contributed by atoms with E-state index >= 15 is 0 Å². The van der Waals surface area contributed by atoms with E-state index in [0.29, 0.717) is 6.04 Å². The van der Waals surface area contributed by atoms with Crippen molar-refractivity contribution in [3.63, 3.8) is 0 Å². The highest BCUT2D eigenvalue weighted by Gasteiger charge is 2.28. The van der Waals surface area contributed by atoms with E-state index in [1.807, 2.05) is 0 Å². The summed E-state index contributed by atoms with van der Waals surface area (Å²) in [5, 5.41) is 3.61. The van der Waals surface area contributed by atoms with Crippen molar-refractivity contribution in [3.05, 3.63) is 0 Å². The molecule has 2 aliphatic rings. The summed E-state index contributed by atoms with van der Waals surface area (Å²) in [6.45, 7) is 9.85. The van der Waals surface area contributed by atoms with Crippen LogP contribution in [0.1, 0.15) is 33.1 Å². The molecule has 2 fully saturated rings. The van der Waals surface area contributed by atoms with Crippen LogP contribution in [0.5, 0.6) is 0 Å². The average Bonchev–Trinajstić information content (AvgIpc) is 2.17. The Balaban J connectivity index is 1.78. The maximum absolute atomic E-state index is 5.72. The molecule has 0 amide bonds. The number of rotatable bonds is 2. The second-order valence-corrected chi connectivity index (χ2v) is 5.49. The maximum atomic E-state index is 5.72. The van der Waals surface area contributed by atoms with Crippen LogP contribution in [-0.2, 0) is 4.74 Å². The summed E-state index contributed by atoms with van der Waals surface area (Å²) in [7, 11) is 0. The molecule has 1 unspecified atom stereocenters. The summed E-state index contributed by atoms with van der Waals surface area (Å²) in [6, 6.07) is 0.715. The third kappa shape index (κ3) is 3.44. The highest BCUT2D eigenvalue weighted by atomic mass is 16.5. The Kier molecular flexibility index (Phi) is 3.65. The first kappa shape index (κ1) is 11.4. The van der Waals surface area contributed by atoms with Crippen LogP contribution < -0.4 is 5.32 Å². The minimum atomic E-state index is 0.0485. The minimum Gasteiger partial charge on any atom is -0.373 e. The second-order valence-electron chi connectivity index (χ2n) is 5.49. The highest BCUT2D eigenvalue weighted by molar-refractivity contribution is 4.83. The van der Waals surface area contributed by atoms with Crippen molar-refractivity contribution >= 4 is 0 Å². The van der Waals surface area contributed by atoms with E-state index < -0.39 is 0 Å². The van der Waals surface area contributed by atoms with Crippen LogP contribution in [0.4, 0.5) is 0 Å². The molecule has 2 rings (SSSR count). The fraction of sp³-hybridized carbons (Fsp3) is 1.00. The Morgan fingerprint density at radius 3 is 2.93 bits per heavy atom. The Morgan fingerprint density at radius 1 is 1.40 bits per heavy atom. The predicted molar refractivity (Wildman–Crippen MR) is 62.1 cm³/mol. The first-order valence-electron chi connectivity index (χ1n) is 6.25. The van der Waals surface area contributed by atoms with Gasteiger partial charge in [0.15, 0.2) is 0 Å². The standard InChI is InChI=1S/C12H24N2O/c1-12(2)10-14(7-8-15-12)9-11-5-3-4-6-13-11/h11,13H,3-10H2,1-2H3. The molecule has 1 N–H and O–H groups in total. The number of hydrogen-bond acceptors (Lipinski definition) is 3. The molecule has 0 aromatic carbocycles. The van der Waals surface area contributed by atoms with Crippen molar-refractivity contribution in [1.82, 2.24) is 10.2 Å². The monoisotopic (exact) mass is 212 g/mol. The minimum absolute atomic E-state index is 0.0485. The van der Waals surface area contributed by atoms with Crippen LogP contribution >= 0.6 is 0 Å². The largest absolute Gasteiger partial charge is 0.373 e. The fourth-order valence-corrected chi connectivity index (χ4v) is 2.66. The van der Waals surface area contributed by atoms with E-state index in [9.17, 15) is 0 Å². The van der Waals surface area contributed by atoms with E-state index in [1.54, 1.807) is 0 Å². The van der Waals surface area contributed by atoms with Crippen molar-refractivity contribution in [2.24, 2.45) is 0 Å². The van der Waals surface area contributed by atoms with Crippen molar-refractivity contribution in [3.8, 4) is 0 Å². The van der Waals surface area contributed by atoms with Crippen LogP contribution in [0.3, 0.4) is 0 Å². The van der Waals surface area contributed by atoms with Gasteiger partial charge in [-0.1, -0.05) is 6.42 Å². The predicted octanol–water partition coefficient (Wildman–Crippen LogP) is 1.24. The van der Waals surface area contributed by atoms with Crippen molar-refractivity contribution in [1.29, 1.82) is 0 Å². The van der Waals surface area contributed by atoms with Gasteiger partial charge in [0.05, 0.1) is 12.2 Å². The SMILES string of the molecule is CC1(C)CN(CC2CCCCN2)CCO1. The molecule has 2 heterocycles. The van der Waals surface area contributed by atoms with E-state index in [2.05, 4.69) is 24.1 Å². The second kappa shape index (κ2) is 4.81. The van der Waals surface area contributed by atoms with Gasteiger partial charge in [-0.2, -0.15) is 0 Å². The molecule has 0 saturated carbocycles. The Labute approximate surface area is 93.2 Å². The Hall–Kier alpha value is -0.120. The fourth-order valence-electron chi connectivity index (χ4n) is 2.66. The lowest BCUT2D eigenvalue weighted by Crippen LogP contribution is -2.52. The van der Waals surface area contributed by atoms with E-state index in [-0.39, 0.29) is 5.60 Å². The number of morpholine rings is 1. The first-order chi connectivity index (χ1) is 7.16. The molecule has 0 aromatic rings. The summed E-state index contributed by atoms with van der Waals surface area (Å²) in [6.07, 6.45) is 4.09. The van der Waals surface area contributed by atoms with Crippen molar-refractivity contribution in [2.75, 3.05) is 32.8 Å². The lowest BCUT2D eigenvalue weighted by atomic mass is 10.0. The van der Waals surface area contributed by atoms with Gasteiger partial charge >= 0.3 is 0 Å². The molecule has 0 bridgehead atoms. The van der Waals surface area contributed by atoms with Gasteiger partial charge < -0.3 is 10.1 Å². The van der Waals surface area contributed by atoms with Gasteiger partial charge in [0, 0.05) is 25.7 Å². The Bertz CT molecular complexity index is 200. The van der Waals surface area contributed by atoms with Crippen LogP contribution in [0.15, 0.2) is 0 Å². The molecule has 88 valence electrons. The molecule has 1 atom stereocenters. The first-order valence-corrected chi connectivity index (χ1v) is 6.25. The summed E-state index contributed by atoms with van der Waals surface area (Å²) < 4.78 is 5.72. The molecule has 15 heavy (non-hydrogen) atoms. The normalized spacial score (nSPS) is 32.8. The quantitative estimate of drug-likeness (QED) is 0.745. The topological polar surface area (TPSA) is 24.5 Å². The van der Waals surface area contributed by atoms with Crippen LogP contribution in [-0.4, -0.2) is 49.3 Å². The smallest absolute Gasteiger partial charge is 0.0753 e. The van der Waals surface area contributed by atoms with E-state index in [1.165, 1.54) is 32.4 Å². The third-order valence-corrected chi connectivity index (χ3v) is 3.40. The Morgan fingerprint density at radius 2 is 2.27 bits per heavy atom. The molecule has 0 spiro atoms. The molecule has 2 saturated heterocycles. The molecule has 0 aliphatic carbocycles. The molecule has 0 aromatic heterocycles. The lowest BCUT2D eigenvalue weighted by Gasteiger charge is -2.40. The van der Waals surface area contributed by atoms with E-state index in [4.69, 9.17) is 4.74 Å². The third-order valence-electron chi connectivity index (χ3n) is 3.40. The van der Waals surface area contributed by atoms with Gasteiger partial charge in [0.2, 0.25) is 0 Å². The van der Waals surface area contributed by atoms with Crippen LogP contribution in [0.2, 0.25) is 0 Å². The van der Waals surface area contributed by atoms with Crippen LogP contribution in [0.25, 0.3) is 0 Å². The van der Waals surface area contributed by atoms with E-state index in [0.717, 1.165) is 19.7 Å². The molecule has 3 heteroatoms. The zero-order valence-corrected chi connectivity index (χ0v) is 10.1. The van der Waals surface area contributed by atoms with Gasteiger partial charge in [-0.15, -0.1) is 0 Å². The zero-order chi connectivity index (χ0) is 10.7. The molecule has 0 radical (unpaired) electrons. The summed E-state index contributed by atoms with van der Waals surface area (Å²) in [5.74, 6) is 0. The number of nitrogens with zero attached hydrogens (tertiary/aromatic N) is 1. The average molecular weight is 212 g/mol. The number of hydrogen-bond donors (Lipinski definition) is 1. The molecular formula is C12H24N2O. The summed E-state index contributed by atoms with van der Waals surface area (Å²) in [4.78, 5) is 2.55. The van der Waals surface area contributed by atoms with Crippen molar-refractivity contribution < 1.29 is 4.74 Å². The van der Waals surface area contributed by atoms with Crippen molar-refractivity contribution in [2.45, 2.75) is 44.8 Å². The summed E-state index contributed by atoms with van der Waals surface area (Å²) >= 11 is 0. The molecular weight excluding hydrogens is 188 g/mol. The van der Waals surface area contributed by atoms with Crippen LogP contribution in [0, 0.1) is 0 Å². The van der Waals surface area contributed by atoms with Gasteiger partial charge in [0.25, 0.3) is 0 Å². The zero-order valence-electron chi connectivity index (χ0n) is 10.1. The maximum Gasteiger partial charge on any atom is 0.0753 e. The molecule has 3 nitrogen and oxygen atoms in total. The van der Waals surface area contributed by atoms with Gasteiger partial charge in [-0.05, 0) is 33.2 Å². The lowest BCUT2D eigenvalue weighted by molar-refractivity contribution is -0.0879. The number of ether oxygens (including phenoxy) is 1. The van der Waals surface area contributed by atoms with Gasteiger partial charge in [-0.25, -0.2) is 0 Å². The highest BCUT2D eigenvalue weighted by Crippen LogP contribution is 2.17. The number of piperidine rings is 1. The van der Waals surface area contributed by atoms with Gasteiger partial charge in [-0.3, -0.25) is 4.90 Å².